The van der Waals surface area contributed by atoms with Crippen molar-refractivity contribution in [2.75, 3.05) is 0 Å². The van der Waals surface area contributed by atoms with Gasteiger partial charge >= 0.3 is 0 Å². The van der Waals surface area contributed by atoms with Crippen LogP contribution < -0.4 is 0 Å². The molecule has 0 spiro atoms. The van der Waals surface area contributed by atoms with Gasteiger partial charge in [0.15, 0.2) is 0 Å². The van der Waals surface area contributed by atoms with Crippen LogP contribution in [0.15, 0.2) is 455 Å². The highest BCUT2D eigenvalue weighted by Gasteiger charge is 2.32. The van der Waals surface area contributed by atoms with Crippen molar-refractivity contribution in [3.05, 3.63) is 488 Å². The number of benzene rings is 21. The van der Waals surface area contributed by atoms with Gasteiger partial charge in [-0.1, -0.05) is 249 Å². The van der Waals surface area contributed by atoms with Gasteiger partial charge in [-0.3, -0.25) is 0 Å². The third kappa shape index (κ3) is 12.3. The standard InChI is InChI=1S/3C44H25N5/c45-26-28-12-11-21-38(35(28)27-46)49-43-31(22-24-39-41(43)33-17-7-9-19-36(33)47(39)29-13-3-1-4-14-29)32-23-25-40-42(44(32)49)34-18-8-10-20-37(34)48(40)30-15-5-2-6-16-30;45-26-28-11-9-17-32(25-28)49-43-33(21-23-38-41(43)35-18-7-8-19-36(35)47(38)30-13-3-1-4-14-30)34-22-24-39-42(44(34)49)40-29(27-46)12-10-20-37(40)48(39)31-15-5-2-6-16-31;45-26-28-18-20-31(21-19-28)48-38-17-9-6-14-35(38)42-40(48)25-23-33-32-22-24-39-41(43(32)49(44(33)42)36-15-7-4-10-29(36)27-46)34-13-5-8-16-37(34)47(39)30-11-2-1-3-12-30/h3*1-25H. The Morgan fingerprint density at radius 1 is 0.136 bits per heavy atom. The molecule has 9 aromatic heterocycles. The maximum atomic E-state index is 10.6. The van der Waals surface area contributed by atoms with Crippen LogP contribution in [0.1, 0.15) is 33.4 Å². The molecule has 0 bridgehead atoms. The van der Waals surface area contributed by atoms with E-state index in [2.05, 4.69) is 399 Å². The van der Waals surface area contributed by atoms with Crippen molar-refractivity contribution >= 4 is 196 Å². The maximum Gasteiger partial charge on any atom is 0.103 e. The number of rotatable bonds is 9. The Hall–Kier alpha value is -21.2. The molecule has 0 radical (unpaired) electrons. The van der Waals surface area contributed by atoms with E-state index in [1.54, 1.807) is 6.07 Å². The first-order valence-electron chi connectivity index (χ1n) is 48.7. The lowest BCUT2D eigenvalue weighted by Crippen LogP contribution is -2.00. The Labute approximate surface area is 839 Å². The van der Waals surface area contributed by atoms with Crippen molar-refractivity contribution in [1.82, 2.24) is 41.1 Å². The smallest absolute Gasteiger partial charge is 0.103 e. The molecule has 678 valence electrons. The van der Waals surface area contributed by atoms with Crippen molar-refractivity contribution in [3.8, 4) is 87.6 Å². The third-order valence-corrected chi connectivity index (χ3v) is 29.7. The van der Waals surface area contributed by atoms with Gasteiger partial charge in [0.05, 0.1) is 162 Å². The van der Waals surface area contributed by atoms with Crippen molar-refractivity contribution in [3.63, 3.8) is 0 Å². The van der Waals surface area contributed by atoms with Crippen LogP contribution in [-0.2, 0) is 0 Å². The first kappa shape index (κ1) is 83.9. The van der Waals surface area contributed by atoms with E-state index in [1.165, 1.54) is 0 Å². The fourth-order valence-electron chi connectivity index (χ4n) is 23.9. The van der Waals surface area contributed by atoms with Gasteiger partial charge < -0.3 is 41.1 Å². The van der Waals surface area contributed by atoms with Crippen molar-refractivity contribution in [2.24, 2.45) is 0 Å². The molecule has 21 aromatic carbocycles. The molecule has 30 rings (SSSR count). The Bertz CT molecular complexity index is 11000. The number of hydrogen-bond acceptors (Lipinski definition) is 6. The topological polar surface area (TPSA) is 187 Å². The van der Waals surface area contributed by atoms with Gasteiger partial charge in [0.25, 0.3) is 0 Å². The van der Waals surface area contributed by atoms with Crippen LogP contribution in [0.2, 0.25) is 0 Å². The summed E-state index contributed by atoms with van der Waals surface area (Å²) in [4.78, 5) is 0. The minimum atomic E-state index is 0.354. The molecule has 0 fully saturated rings. The number of nitrogens with zero attached hydrogens (tertiary/aromatic N) is 15. The van der Waals surface area contributed by atoms with Crippen LogP contribution in [0.5, 0.6) is 0 Å². The summed E-state index contributed by atoms with van der Waals surface area (Å²) in [5, 5.41) is 81.1. The molecule has 0 saturated heterocycles. The van der Waals surface area contributed by atoms with Gasteiger partial charge in [-0.05, 0) is 206 Å². The van der Waals surface area contributed by atoms with Crippen LogP contribution in [0.25, 0.3) is 247 Å². The van der Waals surface area contributed by atoms with Gasteiger partial charge in [-0.15, -0.1) is 0 Å². The van der Waals surface area contributed by atoms with E-state index in [-0.39, 0.29) is 0 Å². The molecule has 147 heavy (non-hydrogen) atoms. The van der Waals surface area contributed by atoms with Crippen LogP contribution in [0.3, 0.4) is 0 Å². The van der Waals surface area contributed by atoms with Crippen LogP contribution in [0, 0.1) is 68.0 Å². The first-order chi connectivity index (χ1) is 72.8. The number of para-hydroxylation sites is 11. The van der Waals surface area contributed by atoms with Crippen molar-refractivity contribution in [2.45, 2.75) is 0 Å². The minimum Gasteiger partial charge on any atom is -0.309 e. The average Bonchev–Trinajstić information content (AvgIpc) is 1.53. The Kier molecular flexibility index (Phi) is 19.0. The molecule has 0 aliphatic rings. The molecule has 9 heterocycles. The highest BCUT2D eigenvalue weighted by atomic mass is 15.1. The van der Waals surface area contributed by atoms with Gasteiger partial charge in [0.2, 0.25) is 0 Å². The monoisotopic (exact) mass is 1870 g/mol. The van der Waals surface area contributed by atoms with E-state index < -0.39 is 0 Å². The zero-order chi connectivity index (χ0) is 97.9. The van der Waals surface area contributed by atoms with Gasteiger partial charge in [0.1, 0.15) is 18.2 Å². The quantitative estimate of drug-likeness (QED) is 0.138. The van der Waals surface area contributed by atoms with E-state index in [1.807, 2.05) is 127 Å². The minimum absolute atomic E-state index is 0.354. The molecule has 0 aliphatic heterocycles. The second-order valence-corrected chi connectivity index (χ2v) is 37.1. The Balaban J connectivity index is 0.000000107. The molecule has 30 aromatic rings. The molecular formula is C132H75N15. The fourth-order valence-corrected chi connectivity index (χ4v) is 23.9. The van der Waals surface area contributed by atoms with E-state index in [0.717, 1.165) is 242 Å². The van der Waals surface area contributed by atoms with Gasteiger partial charge in [-0.2, -0.15) is 31.6 Å². The second-order valence-electron chi connectivity index (χ2n) is 37.1. The number of fused-ring (bicyclic) bond motifs is 33. The molecule has 0 aliphatic carbocycles. The highest BCUT2D eigenvalue weighted by Crippen LogP contribution is 2.53. The summed E-state index contributed by atoms with van der Waals surface area (Å²) in [6, 6.07) is 171. The number of aromatic nitrogens is 9. The molecule has 0 amide bonds. The zero-order valence-electron chi connectivity index (χ0n) is 78.5. The zero-order valence-corrected chi connectivity index (χ0v) is 78.5. The van der Waals surface area contributed by atoms with Crippen LogP contribution in [0.4, 0.5) is 0 Å². The lowest BCUT2D eigenvalue weighted by atomic mass is 10.0. The number of hydrogen-bond donors (Lipinski definition) is 0. The maximum absolute atomic E-state index is 10.6. The molecule has 0 saturated carbocycles. The predicted octanol–water partition coefficient (Wildman–Crippen LogP) is 32.2. The van der Waals surface area contributed by atoms with Gasteiger partial charge in [-0.25, -0.2) is 0 Å². The largest absolute Gasteiger partial charge is 0.309 e. The van der Waals surface area contributed by atoms with E-state index in [9.17, 15) is 31.6 Å². The lowest BCUT2D eigenvalue weighted by Gasteiger charge is -2.13. The SMILES string of the molecule is N#Cc1ccc(-n2c3ccccc3c3c2ccc2c4ccc5c(c6ccccc6n5-c5ccccc5)c4n(-c4ccccc4C#N)c23)cc1.N#Cc1cccc(-n2c3c(ccc4c3c3ccccc3n4-c3ccccc3)c3ccc4c(c5c(C#N)cccc5n4-c4ccccc4)c32)c1.N#Cc1cccc(-n2c3c(ccc4c3c3ccccc3n4-c3ccccc3)c3ccc4c(c5ccccc5n4-c4ccccc4)c32)c1C#N. The molecule has 0 unspecified atom stereocenters. The van der Waals surface area contributed by atoms with Crippen molar-refractivity contribution in [1.29, 1.82) is 31.6 Å². The summed E-state index contributed by atoms with van der Waals surface area (Å²) in [5.74, 6) is 0. The number of nitriles is 6. The summed E-state index contributed by atoms with van der Waals surface area (Å²) in [5.41, 5.74) is 31.1. The summed E-state index contributed by atoms with van der Waals surface area (Å²) in [6.07, 6.45) is 0. The van der Waals surface area contributed by atoms with Gasteiger partial charge in [0, 0.05) is 137 Å². The molecule has 15 heteroatoms. The van der Waals surface area contributed by atoms with Crippen molar-refractivity contribution < 1.29 is 0 Å². The lowest BCUT2D eigenvalue weighted by molar-refractivity contribution is 1.16. The predicted molar refractivity (Wildman–Crippen MR) is 597 cm³/mol. The highest BCUT2D eigenvalue weighted by molar-refractivity contribution is 6.36. The van der Waals surface area contributed by atoms with Crippen LogP contribution in [-0.4, -0.2) is 41.1 Å². The second kappa shape index (κ2) is 33.2. The first-order valence-corrected chi connectivity index (χ1v) is 48.7. The summed E-state index contributed by atoms with van der Waals surface area (Å²) < 4.78 is 20.8. The fraction of sp³-hybridized carbons (Fsp3) is 0. The van der Waals surface area contributed by atoms with Crippen LogP contribution >= 0.6 is 0 Å². The summed E-state index contributed by atoms with van der Waals surface area (Å²) in [7, 11) is 0. The average molecular weight is 1870 g/mol. The summed E-state index contributed by atoms with van der Waals surface area (Å²) in [6.45, 7) is 0. The van der Waals surface area contributed by atoms with E-state index in [4.69, 9.17) is 0 Å². The van der Waals surface area contributed by atoms with E-state index in [0.29, 0.717) is 39.1 Å². The molecular weight excluding hydrogens is 1800 g/mol. The Morgan fingerprint density at radius 3 is 0.755 bits per heavy atom. The Morgan fingerprint density at radius 2 is 0.395 bits per heavy atom. The van der Waals surface area contributed by atoms with E-state index >= 15 is 0 Å². The molecule has 15 nitrogen and oxygen atoms in total. The molecule has 0 N–H and O–H groups in total. The summed E-state index contributed by atoms with van der Waals surface area (Å²) >= 11 is 0. The third-order valence-electron chi connectivity index (χ3n) is 29.7. The normalized spacial score (nSPS) is 11.6. The molecule has 0 atom stereocenters.